The smallest absolute Gasteiger partial charge is 0.311 e. The summed E-state index contributed by atoms with van der Waals surface area (Å²) in [5.41, 5.74) is 3.89. The summed E-state index contributed by atoms with van der Waals surface area (Å²) in [6, 6.07) is 17.1. The van der Waals surface area contributed by atoms with E-state index in [2.05, 4.69) is 38.1 Å². The van der Waals surface area contributed by atoms with Crippen LogP contribution >= 0.6 is 0 Å². The molecule has 0 N–H and O–H groups in total. The summed E-state index contributed by atoms with van der Waals surface area (Å²) in [5.74, 6) is 2.18. The lowest BCUT2D eigenvalue weighted by Crippen LogP contribution is -2.13. The van der Waals surface area contributed by atoms with E-state index in [0.717, 1.165) is 24.7 Å². The average molecular weight is 477 g/mol. The molecule has 0 spiro atoms. The lowest BCUT2D eigenvalue weighted by molar-refractivity contribution is -0.134. The standard InChI is InChI=1S/C33H48O2/c1-3-5-7-8-9-10-11-12-13-27-15-17-28(18-16-27)29-19-21-30(22-20-29)31-23-25-32(26-24-31)35-33(34)14-6-4-2/h19-28H,3-18H2,1-2H3. The molecular formula is C33H48O2. The lowest BCUT2D eigenvalue weighted by atomic mass is 9.77. The van der Waals surface area contributed by atoms with Gasteiger partial charge >= 0.3 is 5.97 Å². The fourth-order valence-electron chi connectivity index (χ4n) is 5.52. The van der Waals surface area contributed by atoms with E-state index in [9.17, 15) is 4.79 Å². The molecule has 0 aliphatic heterocycles. The van der Waals surface area contributed by atoms with Crippen LogP contribution in [0.4, 0.5) is 0 Å². The SMILES string of the molecule is CCCCCCCCCCC1CCC(c2ccc(-c3ccc(OC(=O)CCCC)cc3)cc2)CC1. The highest BCUT2D eigenvalue weighted by Gasteiger charge is 2.22. The van der Waals surface area contributed by atoms with Gasteiger partial charge in [-0.2, -0.15) is 0 Å². The largest absolute Gasteiger partial charge is 0.427 e. The maximum absolute atomic E-state index is 11.8. The first-order valence-electron chi connectivity index (χ1n) is 14.6. The number of esters is 1. The predicted molar refractivity (Wildman–Crippen MR) is 149 cm³/mol. The normalized spacial score (nSPS) is 17.9. The number of hydrogen-bond donors (Lipinski definition) is 0. The van der Waals surface area contributed by atoms with Crippen LogP contribution in [0.3, 0.4) is 0 Å². The van der Waals surface area contributed by atoms with E-state index in [1.54, 1.807) is 0 Å². The van der Waals surface area contributed by atoms with Crippen LogP contribution in [0, 0.1) is 5.92 Å². The van der Waals surface area contributed by atoms with E-state index in [4.69, 9.17) is 4.74 Å². The first-order valence-corrected chi connectivity index (χ1v) is 14.6. The highest BCUT2D eigenvalue weighted by molar-refractivity contribution is 5.73. The Bertz CT molecular complexity index is 828. The molecule has 0 aromatic heterocycles. The maximum Gasteiger partial charge on any atom is 0.311 e. The summed E-state index contributed by atoms with van der Waals surface area (Å²) in [4.78, 5) is 11.8. The molecule has 35 heavy (non-hydrogen) atoms. The zero-order valence-electron chi connectivity index (χ0n) is 22.4. The average Bonchev–Trinajstić information content (AvgIpc) is 2.90. The fraction of sp³-hybridized carbons (Fsp3) is 0.606. The first-order chi connectivity index (χ1) is 17.2. The van der Waals surface area contributed by atoms with E-state index >= 15 is 0 Å². The number of benzene rings is 2. The van der Waals surface area contributed by atoms with Crippen molar-refractivity contribution in [3.63, 3.8) is 0 Å². The summed E-state index contributed by atoms with van der Waals surface area (Å²) in [7, 11) is 0. The third-order valence-corrected chi connectivity index (χ3v) is 7.85. The summed E-state index contributed by atoms with van der Waals surface area (Å²) in [6.45, 7) is 4.37. The predicted octanol–water partition coefficient (Wildman–Crippen LogP) is 10.3. The second-order valence-electron chi connectivity index (χ2n) is 10.7. The van der Waals surface area contributed by atoms with Crippen LogP contribution in [0.15, 0.2) is 48.5 Å². The minimum absolute atomic E-state index is 0.142. The van der Waals surface area contributed by atoms with Crippen LogP contribution in [-0.4, -0.2) is 5.97 Å². The van der Waals surface area contributed by atoms with E-state index in [-0.39, 0.29) is 5.97 Å². The van der Waals surface area contributed by atoms with Crippen molar-refractivity contribution in [1.82, 2.24) is 0 Å². The van der Waals surface area contributed by atoms with Gasteiger partial charge in [-0.3, -0.25) is 4.79 Å². The van der Waals surface area contributed by atoms with E-state index in [0.29, 0.717) is 12.2 Å². The Morgan fingerprint density at radius 3 is 1.83 bits per heavy atom. The van der Waals surface area contributed by atoms with E-state index in [1.165, 1.54) is 100 Å². The zero-order valence-corrected chi connectivity index (χ0v) is 22.4. The van der Waals surface area contributed by atoms with Gasteiger partial charge in [-0.25, -0.2) is 0 Å². The van der Waals surface area contributed by atoms with Crippen LogP contribution in [0.5, 0.6) is 5.75 Å². The number of ether oxygens (including phenoxy) is 1. The molecule has 0 atom stereocenters. The molecule has 0 heterocycles. The topological polar surface area (TPSA) is 26.3 Å². The molecule has 1 aliphatic rings. The van der Waals surface area contributed by atoms with Gasteiger partial charge in [0, 0.05) is 6.42 Å². The molecular weight excluding hydrogens is 428 g/mol. The zero-order chi connectivity index (χ0) is 24.7. The molecule has 0 bridgehead atoms. The molecule has 0 saturated heterocycles. The molecule has 2 heteroatoms. The maximum atomic E-state index is 11.8. The van der Waals surface area contributed by atoms with Crippen LogP contribution < -0.4 is 4.74 Å². The summed E-state index contributed by atoms with van der Waals surface area (Å²) >= 11 is 0. The summed E-state index contributed by atoms with van der Waals surface area (Å²) in [5, 5.41) is 0. The van der Waals surface area contributed by atoms with Gasteiger partial charge in [0.15, 0.2) is 0 Å². The number of unbranched alkanes of at least 4 members (excludes halogenated alkanes) is 8. The van der Waals surface area contributed by atoms with Gasteiger partial charge in [-0.05, 0) is 72.8 Å². The van der Waals surface area contributed by atoms with Gasteiger partial charge in [-0.15, -0.1) is 0 Å². The molecule has 2 aromatic rings. The Morgan fingerprint density at radius 1 is 0.686 bits per heavy atom. The molecule has 0 unspecified atom stereocenters. The minimum atomic E-state index is -0.142. The van der Waals surface area contributed by atoms with Crippen molar-refractivity contribution in [3.8, 4) is 16.9 Å². The highest BCUT2D eigenvalue weighted by atomic mass is 16.5. The van der Waals surface area contributed by atoms with Crippen molar-refractivity contribution < 1.29 is 9.53 Å². The van der Waals surface area contributed by atoms with Crippen molar-refractivity contribution in [1.29, 1.82) is 0 Å². The highest BCUT2D eigenvalue weighted by Crippen LogP contribution is 2.38. The quantitative estimate of drug-likeness (QED) is 0.145. The number of hydrogen-bond acceptors (Lipinski definition) is 2. The summed E-state index contributed by atoms with van der Waals surface area (Å²) in [6.07, 6.45) is 20.7. The Morgan fingerprint density at radius 2 is 1.23 bits per heavy atom. The Labute approximate surface area is 214 Å². The molecule has 0 amide bonds. The Balaban J connectivity index is 1.37. The Kier molecular flexibility index (Phi) is 12.4. The van der Waals surface area contributed by atoms with Crippen LogP contribution in [0.1, 0.15) is 128 Å². The monoisotopic (exact) mass is 476 g/mol. The molecule has 1 saturated carbocycles. The van der Waals surface area contributed by atoms with Crippen molar-refractivity contribution >= 4 is 5.97 Å². The van der Waals surface area contributed by atoms with Crippen molar-refractivity contribution in [2.24, 2.45) is 5.92 Å². The van der Waals surface area contributed by atoms with Gasteiger partial charge in [0.25, 0.3) is 0 Å². The Hall–Kier alpha value is -2.09. The molecule has 1 aliphatic carbocycles. The molecule has 2 aromatic carbocycles. The first kappa shape index (κ1) is 27.5. The van der Waals surface area contributed by atoms with Crippen LogP contribution in [0.25, 0.3) is 11.1 Å². The van der Waals surface area contributed by atoms with Crippen molar-refractivity contribution in [2.75, 3.05) is 0 Å². The van der Waals surface area contributed by atoms with Crippen LogP contribution in [0.2, 0.25) is 0 Å². The number of carbonyl (C=O) groups is 1. The third kappa shape index (κ3) is 9.82. The van der Waals surface area contributed by atoms with E-state index in [1.807, 2.05) is 24.3 Å². The minimum Gasteiger partial charge on any atom is -0.427 e. The van der Waals surface area contributed by atoms with Gasteiger partial charge in [0.2, 0.25) is 0 Å². The van der Waals surface area contributed by atoms with Gasteiger partial charge < -0.3 is 4.74 Å². The number of carbonyl (C=O) groups excluding carboxylic acids is 1. The van der Waals surface area contributed by atoms with Gasteiger partial charge in [-0.1, -0.05) is 114 Å². The molecule has 0 radical (unpaired) electrons. The van der Waals surface area contributed by atoms with E-state index < -0.39 is 0 Å². The molecule has 192 valence electrons. The summed E-state index contributed by atoms with van der Waals surface area (Å²) < 4.78 is 5.43. The van der Waals surface area contributed by atoms with Crippen molar-refractivity contribution in [2.45, 2.75) is 122 Å². The molecule has 1 fully saturated rings. The lowest BCUT2D eigenvalue weighted by Gasteiger charge is -2.29. The second kappa shape index (κ2) is 15.8. The molecule has 2 nitrogen and oxygen atoms in total. The fourth-order valence-corrected chi connectivity index (χ4v) is 5.52. The van der Waals surface area contributed by atoms with Crippen molar-refractivity contribution in [3.05, 3.63) is 54.1 Å². The molecule has 3 rings (SSSR count). The van der Waals surface area contributed by atoms with Gasteiger partial charge in [0.1, 0.15) is 5.75 Å². The van der Waals surface area contributed by atoms with Crippen LogP contribution in [-0.2, 0) is 4.79 Å². The number of rotatable bonds is 15. The second-order valence-corrected chi connectivity index (χ2v) is 10.7. The third-order valence-electron chi connectivity index (χ3n) is 7.85. The van der Waals surface area contributed by atoms with Gasteiger partial charge in [0.05, 0.1) is 0 Å².